The van der Waals surface area contributed by atoms with Crippen molar-refractivity contribution in [1.29, 1.82) is 0 Å². The van der Waals surface area contributed by atoms with Gasteiger partial charge in [-0.3, -0.25) is 0 Å². The highest BCUT2D eigenvalue weighted by molar-refractivity contribution is 7.11. The molecular weight excluding hydrogens is 252 g/mol. The maximum Gasteiger partial charge on any atom is 0.113 e. The molecule has 0 saturated heterocycles. The second-order valence-electron chi connectivity index (χ2n) is 7.06. The fraction of sp³-hybridized carbons (Fsp3) is 0.812. The zero-order chi connectivity index (χ0) is 14.3. The van der Waals surface area contributed by atoms with Gasteiger partial charge in [0.25, 0.3) is 0 Å². The highest BCUT2D eigenvalue weighted by atomic mass is 32.1. The summed E-state index contributed by atoms with van der Waals surface area (Å²) in [6.45, 7) is 11.4. The number of nitrogens with zero attached hydrogens (tertiary/aromatic N) is 1. The molecule has 0 radical (unpaired) electrons. The Labute approximate surface area is 121 Å². The van der Waals surface area contributed by atoms with E-state index in [1.54, 1.807) is 0 Å². The lowest BCUT2D eigenvalue weighted by Crippen LogP contribution is -2.34. The highest BCUT2D eigenvalue weighted by Crippen LogP contribution is 2.41. The van der Waals surface area contributed by atoms with Crippen molar-refractivity contribution in [2.45, 2.75) is 72.3 Å². The highest BCUT2D eigenvalue weighted by Gasteiger charge is 2.33. The monoisotopic (exact) mass is 280 g/mol. The van der Waals surface area contributed by atoms with E-state index in [2.05, 4.69) is 34.6 Å². The third kappa shape index (κ3) is 2.87. The van der Waals surface area contributed by atoms with E-state index in [4.69, 9.17) is 10.7 Å². The zero-order valence-corrected chi connectivity index (χ0v) is 13.9. The summed E-state index contributed by atoms with van der Waals surface area (Å²) in [6.07, 6.45) is 5.55. The molecule has 1 aromatic rings. The Morgan fingerprint density at radius 3 is 2.42 bits per heavy atom. The topological polar surface area (TPSA) is 38.9 Å². The van der Waals surface area contributed by atoms with E-state index in [0.29, 0.717) is 5.41 Å². The Hall–Kier alpha value is -0.410. The first kappa shape index (κ1) is 15.0. The summed E-state index contributed by atoms with van der Waals surface area (Å²) < 4.78 is 0. The summed E-state index contributed by atoms with van der Waals surface area (Å²) in [4.78, 5) is 6.37. The van der Waals surface area contributed by atoms with Crippen LogP contribution in [0.15, 0.2) is 0 Å². The lowest BCUT2D eigenvalue weighted by Gasteiger charge is -2.33. The third-order valence-electron chi connectivity index (χ3n) is 4.85. The van der Waals surface area contributed by atoms with Gasteiger partial charge in [-0.15, -0.1) is 11.3 Å². The van der Waals surface area contributed by atoms with Crippen molar-refractivity contribution in [3.05, 3.63) is 15.6 Å². The fourth-order valence-electron chi connectivity index (χ4n) is 2.88. The van der Waals surface area contributed by atoms with E-state index < -0.39 is 0 Å². The Morgan fingerprint density at radius 2 is 1.89 bits per heavy atom. The molecule has 0 bridgehead atoms. The van der Waals surface area contributed by atoms with Crippen molar-refractivity contribution in [2.75, 3.05) is 0 Å². The molecule has 19 heavy (non-hydrogen) atoms. The van der Waals surface area contributed by atoms with Gasteiger partial charge in [-0.2, -0.15) is 0 Å². The molecule has 108 valence electrons. The average molecular weight is 280 g/mol. The van der Waals surface area contributed by atoms with Gasteiger partial charge < -0.3 is 5.73 Å². The first-order valence-electron chi connectivity index (χ1n) is 7.58. The summed E-state index contributed by atoms with van der Waals surface area (Å²) in [5.74, 6) is 0.781. The van der Waals surface area contributed by atoms with Crippen LogP contribution in [0.3, 0.4) is 0 Å². The van der Waals surface area contributed by atoms with E-state index in [1.165, 1.54) is 23.4 Å². The average Bonchev–Trinajstić information content (AvgIpc) is 2.80. The summed E-state index contributed by atoms with van der Waals surface area (Å²) in [6, 6.07) is 0. The minimum Gasteiger partial charge on any atom is -0.319 e. The molecule has 0 aliphatic heterocycles. The van der Waals surface area contributed by atoms with E-state index in [9.17, 15) is 0 Å². The molecular formula is C16H28N2S. The summed E-state index contributed by atoms with van der Waals surface area (Å²) in [5, 5.41) is 1.16. The van der Waals surface area contributed by atoms with Gasteiger partial charge in [-0.05, 0) is 43.4 Å². The summed E-state index contributed by atoms with van der Waals surface area (Å²) in [5.41, 5.74) is 8.02. The van der Waals surface area contributed by atoms with Gasteiger partial charge in [-0.25, -0.2) is 4.98 Å². The van der Waals surface area contributed by atoms with Crippen LogP contribution >= 0.6 is 11.3 Å². The Balaban J connectivity index is 2.26. The molecule has 1 heterocycles. The van der Waals surface area contributed by atoms with Gasteiger partial charge in [-0.1, -0.05) is 34.6 Å². The number of fused-ring (bicyclic) bond motifs is 1. The van der Waals surface area contributed by atoms with E-state index in [1.807, 2.05) is 11.3 Å². The predicted octanol–water partition coefficient (Wildman–Crippen LogP) is 4.27. The van der Waals surface area contributed by atoms with Gasteiger partial charge in [0.05, 0.1) is 11.2 Å². The van der Waals surface area contributed by atoms with Gasteiger partial charge in [0.15, 0.2) is 0 Å². The molecule has 0 amide bonds. The zero-order valence-electron chi connectivity index (χ0n) is 13.0. The molecule has 2 rings (SSSR count). The quantitative estimate of drug-likeness (QED) is 0.898. The Bertz CT molecular complexity index is 438. The second kappa shape index (κ2) is 5.17. The van der Waals surface area contributed by atoms with E-state index in [0.717, 1.165) is 30.2 Å². The smallest absolute Gasteiger partial charge is 0.113 e. The molecule has 0 aromatic carbocycles. The number of thiazole rings is 1. The van der Waals surface area contributed by atoms with Crippen LogP contribution in [0.25, 0.3) is 0 Å². The molecule has 1 aliphatic rings. The Kier molecular flexibility index (Phi) is 4.08. The molecule has 0 saturated carbocycles. The predicted molar refractivity (Wildman–Crippen MR) is 83.5 cm³/mol. The normalized spacial score (nSPS) is 20.4. The number of aromatic nitrogens is 1. The SMILES string of the molecule is CCC(N)(CC)c1nc2c(s1)CC(C(C)(C)C)CC2. The van der Waals surface area contributed by atoms with Crippen molar-refractivity contribution in [1.82, 2.24) is 4.98 Å². The van der Waals surface area contributed by atoms with Gasteiger partial charge >= 0.3 is 0 Å². The maximum atomic E-state index is 6.50. The molecule has 1 aliphatic carbocycles. The van der Waals surface area contributed by atoms with Gasteiger partial charge in [0, 0.05) is 4.88 Å². The van der Waals surface area contributed by atoms with Crippen LogP contribution in [-0.4, -0.2) is 4.98 Å². The molecule has 1 unspecified atom stereocenters. The van der Waals surface area contributed by atoms with Crippen LogP contribution in [0.5, 0.6) is 0 Å². The largest absolute Gasteiger partial charge is 0.319 e. The van der Waals surface area contributed by atoms with Crippen molar-refractivity contribution in [3.8, 4) is 0 Å². The number of aryl methyl sites for hydroxylation is 1. The molecule has 0 fully saturated rings. The van der Waals surface area contributed by atoms with Crippen LogP contribution in [0.4, 0.5) is 0 Å². The third-order valence-corrected chi connectivity index (χ3v) is 6.19. The van der Waals surface area contributed by atoms with Gasteiger partial charge in [0.1, 0.15) is 5.01 Å². The van der Waals surface area contributed by atoms with E-state index >= 15 is 0 Å². The number of hydrogen-bond acceptors (Lipinski definition) is 3. The molecule has 3 heteroatoms. The first-order chi connectivity index (χ1) is 8.80. The van der Waals surface area contributed by atoms with E-state index in [-0.39, 0.29) is 5.54 Å². The van der Waals surface area contributed by atoms with Gasteiger partial charge in [0.2, 0.25) is 0 Å². The standard InChI is InChI=1S/C16H28N2S/c1-6-16(17,7-2)14-18-12-9-8-11(15(3,4)5)10-13(12)19-14/h11H,6-10,17H2,1-5H3. The lowest BCUT2D eigenvalue weighted by molar-refractivity contribution is 0.216. The van der Waals surface area contributed by atoms with Crippen molar-refractivity contribution < 1.29 is 0 Å². The second-order valence-corrected chi connectivity index (χ2v) is 8.14. The van der Waals surface area contributed by atoms with Crippen LogP contribution in [0, 0.1) is 11.3 Å². The van der Waals surface area contributed by atoms with Crippen LogP contribution < -0.4 is 5.73 Å². The number of nitrogens with two attached hydrogens (primary N) is 1. The minimum absolute atomic E-state index is 0.209. The lowest BCUT2D eigenvalue weighted by atomic mass is 9.73. The Morgan fingerprint density at radius 1 is 1.26 bits per heavy atom. The maximum absolute atomic E-state index is 6.50. The van der Waals surface area contributed by atoms with Crippen molar-refractivity contribution >= 4 is 11.3 Å². The van der Waals surface area contributed by atoms with Crippen molar-refractivity contribution in [2.24, 2.45) is 17.1 Å². The molecule has 1 atom stereocenters. The minimum atomic E-state index is -0.209. The van der Waals surface area contributed by atoms with Crippen LogP contribution in [0.2, 0.25) is 0 Å². The summed E-state index contributed by atoms with van der Waals surface area (Å²) >= 11 is 1.88. The number of hydrogen-bond donors (Lipinski definition) is 1. The van der Waals surface area contributed by atoms with Crippen LogP contribution in [-0.2, 0) is 18.4 Å². The van der Waals surface area contributed by atoms with Crippen molar-refractivity contribution in [3.63, 3.8) is 0 Å². The van der Waals surface area contributed by atoms with Crippen LogP contribution in [0.1, 0.15) is 69.5 Å². The molecule has 1 aromatic heterocycles. The number of rotatable bonds is 3. The molecule has 0 spiro atoms. The molecule has 2 nitrogen and oxygen atoms in total. The first-order valence-corrected chi connectivity index (χ1v) is 8.39. The summed E-state index contributed by atoms with van der Waals surface area (Å²) in [7, 11) is 0. The molecule has 2 N–H and O–H groups in total. The fourth-order valence-corrected chi connectivity index (χ4v) is 4.31.